The van der Waals surface area contributed by atoms with E-state index >= 15 is 0 Å². The van der Waals surface area contributed by atoms with E-state index in [1.54, 1.807) is 61.5 Å². The van der Waals surface area contributed by atoms with E-state index in [4.69, 9.17) is 9.47 Å². The number of benzene rings is 2. The zero-order valence-electron chi connectivity index (χ0n) is 15.8. The highest BCUT2D eigenvalue weighted by Crippen LogP contribution is 2.37. The lowest BCUT2D eigenvalue weighted by atomic mass is 10.1. The maximum Gasteiger partial charge on any atom is 0.344 e. The SMILES string of the molecule is CCC(Oc1ccccc1/C=C1/SC(=O)N(c2ccc(OC)cc2)C1=O)C(=O)O. The molecule has 0 aromatic heterocycles. The van der Waals surface area contributed by atoms with Crippen molar-refractivity contribution in [2.75, 3.05) is 12.0 Å². The first-order valence-corrected chi connectivity index (χ1v) is 9.66. The van der Waals surface area contributed by atoms with Gasteiger partial charge in [-0.05, 0) is 54.6 Å². The Labute approximate surface area is 171 Å². The van der Waals surface area contributed by atoms with Crippen LogP contribution in [0.5, 0.6) is 11.5 Å². The topological polar surface area (TPSA) is 93.1 Å². The van der Waals surface area contributed by atoms with Crippen molar-refractivity contribution in [2.45, 2.75) is 19.4 Å². The number of anilines is 1. The fourth-order valence-electron chi connectivity index (χ4n) is 2.73. The molecule has 1 aliphatic heterocycles. The number of hydrogen-bond acceptors (Lipinski definition) is 6. The minimum Gasteiger partial charge on any atom is -0.497 e. The summed E-state index contributed by atoms with van der Waals surface area (Å²) in [5, 5.41) is 8.81. The summed E-state index contributed by atoms with van der Waals surface area (Å²) in [6, 6.07) is 13.4. The molecule has 1 unspecified atom stereocenters. The van der Waals surface area contributed by atoms with Crippen molar-refractivity contribution in [3.8, 4) is 11.5 Å². The van der Waals surface area contributed by atoms with Gasteiger partial charge in [0.15, 0.2) is 6.10 Å². The molecule has 29 heavy (non-hydrogen) atoms. The summed E-state index contributed by atoms with van der Waals surface area (Å²) in [7, 11) is 1.53. The van der Waals surface area contributed by atoms with Crippen LogP contribution in [0.3, 0.4) is 0 Å². The molecule has 1 N–H and O–H groups in total. The number of nitrogens with zero attached hydrogens (tertiary/aromatic N) is 1. The summed E-state index contributed by atoms with van der Waals surface area (Å²) in [4.78, 5) is 37.8. The number of carbonyl (C=O) groups is 3. The highest BCUT2D eigenvalue weighted by molar-refractivity contribution is 8.19. The number of methoxy groups -OCH3 is 1. The number of hydrogen-bond donors (Lipinski definition) is 1. The van der Waals surface area contributed by atoms with Crippen molar-refractivity contribution in [1.29, 1.82) is 0 Å². The fourth-order valence-corrected chi connectivity index (χ4v) is 3.56. The first-order valence-electron chi connectivity index (χ1n) is 8.85. The summed E-state index contributed by atoms with van der Waals surface area (Å²) in [6.45, 7) is 1.71. The van der Waals surface area contributed by atoms with Gasteiger partial charge in [0.2, 0.25) is 0 Å². The first-order chi connectivity index (χ1) is 13.9. The second-order valence-corrected chi connectivity index (χ2v) is 7.10. The summed E-state index contributed by atoms with van der Waals surface area (Å²) in [6.07, 6.45) is 0.828. The number of ether oxygens (including phenoxy) is 2. The lowest BCUT2D eigenvalue weighted by Crippen LogP contribution is -2.27. The molecule has 1 aliphatic rings. The van der Waals surface area contributed by atoms with E-state index in [0.29, 0.717) is 22.7 Å². The van der Waals surface area contributed by atoms with Gasteiger partial charge in [0.05, 0.1) is 17.7 Å². The molecule has 8 heteroatoms. The van der Waals surface area contributed by atoms with Crippen molar-refractivity contribution >= 4 is 40.6 Å². The van der Waals surface area contributed by atoms with Gasteiger partial charge < -0.3 is 14.6 Å². The van der Waals surface area contributed by atoms with E-state index in [1.807, 2.05) is 0 Å². The molecule has 1 fully saturated rings. The molecule has 0 aliphatic carbocycles. The smallest absolute Gasteiger partial charge is 0.344 e. The second kappa shape index (κ2) is 8.83. The van der Waals surface area contributed by atoms with Crippen molar-refractivity contribution < 1.29 is 29.0 Å². The number of rotatable bonds is 7. The van der Waals surface area contributed by atoms with E-state index in [1.165, 1.54) is 7.11 Å². The van der Waals surface area contributed by atoms with Gasteiger partial charge in [-0.15, -0.1) is 0 Å². The quantitative estimate of drug-likeness (QED) is 0.681. The van der Waals surface area contributed by atoms with Crippen LogP contribution < -0.4 is 14.4 Å². The number of carbonyl (C=O) groups excluding carboxylic acids is 2. The van der Waals surface area contributed by atoms with Crippen molar-refractivity contribution in [1.82, 2.24) is 0 Å². The van der Waals surface area contributed by atoms with Gasteiger partial charge in [-0.1, -0.05) is 25.1 Å². The minimum atomic E-state index is -1.07. The maximum absolute atomic E-state index is 12.8. The van der Waals surface area contributed by atoms with E-state index < -0.39 is 23.2 Å². The average Bonchev–Trinajstić information content (AvgIpc) is 3.00. The molecule has 1 saturated heterocycles. The van der Waals surface area contributed by atoms with Crippen LogP contribution in [0.15, 0.2) is 53.4 Å². The number of imide groups is 1. The molecule has 2 amide bonds. The monoisotopic (exact) mass is 413 g/mol. The van der Waals surface area contributed by atoms with Crippen LogP contribution in [0, 0.1) is 0 Å². The van der Waals surface area contributed by atoms with Gasteiger partial charge in [0.25, 0.3) is 11.1 Å². The largest absolute Gasteiger partial charge is 0.497 e. The number of carboxylic acid groups (broad SMARTS) is 1. The lowest BCUT2D eigenvalue weighted by molar-refractivity contribution is -0.145. The third kappa shape index (κ3) is 4.43. The molecule has 1 heterocycles. The molecule has 150 valence electrons. The number of thioether (sulfide) groups is 1. The van der Waals surface area contributed by atoms with Crippen LogP contribution in [-0.4, -0.2) is 35.4 Å². The molecule has 0 bridgehead atoms. The summed E-state index contributed by atoms with van der Waals surface area (Å²) in [5.74, 6) is -0.573. The number of para-hydroxylation sites is 1. The third-order valence-electron chi connectivity index (χ3n) is 4.25. The molecule has 2 aromatic rings. The van der Waals surface area contributed by atoms with E-state index in [2.05, 4.69) is 0 Å². The van der Waals surface area contributed by atoms with Crippen LogP contribution in [0.1, 0.15) is 18.9 Å². The van der Waals surface area contributed by atoms with Crippen molar-refractivity contribution in [3.05, 3.63) is 59.0 Å². The average molecular weight is 413 g/mol. The molecule has 0 radical (unpaired) electrons. The molecule has 0 spiro atoms. The van der Waals surface area contributed by atoms with Gasteiger partial charge >= 0.3 is 5.97 Å². The van der Waals surface area contributed by atoms with Crippen molar-refractivity contribution in [2.24, 2.45) is 0 Å². The highest BCUT2D eigenvalue weighted by atomic mass is 32.2. The third-order valence-corrected chi connectivity index (χ3v) is 5.11. The molecular formula is C21H19NO6S. The molecule has 1 atom stereocenters. The number of carboxylic acids is 1. The minimum absolute atomic E-state index is 0.227. The molecule has 0 saturated carbocycles. The van der Waals surface area contributed by atoms with Crippen LogP contribution in [0.25, 0.3) is 6.08 Å². The van der Waals surface area contributed by atoms with Crippen LogP contribution in [-0.2, 0) is 9.59 Å². The predicted octanol–water partition coefficient (Wildman–Crippen LogP) is 4.18. The normalized spacial score (nSPS) is 16.2. The lowest BCUT2D eigenvalue weighted by Gasteiger charge is -2.15. The van der Waals surface area contributed by atoms with E-state index in [-0.39, 0.29) is 11.3 Å². The Morgan fingerprint density at radius 1 is 1.17 bits per heavy atom. The zero-order chi connectivity index (χ0) is 21.0. The van der Waals surface area contributed by atoms with Gasteiger partial charge in [-0.3, -0.25) is 9.59 Å². The Balaban J connectivity index is 1.89. The Morgan fingerprint density at radius 3 is 2.48 bits per heavy atom. The first kappa shape index (κ1) is 20.5. The van der Waals surface area contributed by atoms with Crippen LogP contribution in [0.2, 0.25) is 0 Å². The standard InChI is InChI=1S/C21H19NO6S/c1-3-16(20(24)25)28-17-7-5-4-6-13(17)12-18-19(23)22(21(26)29-18)14-8-10-15(27-2)11-9-14/h4-12,16H,3H2,1-2H3,(H,24,25)/b18-12+. The zero-order valence-corrected chi connectivity index (χ0v) is 16.6. The fraction of sp³-hybridized carbons (Fsp3) is 0.190. The molecule has 7 nitrogen and oxygen atoms in total. The van der Waals surface area contributed by atoms with Gasteiger partial charge in [0.1, 0.15) is 11.5 Å². The molecule has 2 aromatic carbocycles. The van der Waals surface area contributed by atoms with E-state index in [0.717, 1.165) is 16.7 Å². The highest BCUT2D eigenvalue weighted by Gasteiger charge is 2.36. The maximum atomic E-state index is 12.8. The van der Waals surface area contributed by atoms with Crippen LogP contribution in [0.4, 0.5) is 10.5 Å². The predicted molar refractivity (Wildman–Crippen MR) is 110 cm³/mol. The van der Waals surface area contributed by atoms with Gasteiger partial charge in [-0.2, -0.15) is 0 Å². The molecule has 3 rings (SSSR count). The Kier molecular flexibility index (Phi) is 6.23. The van der Waals surface area contributed by atoms with Crippen molar-refractivity contribution in [3.63, 3.8) is 0 Å². The Bertz CT molecular complexity index is 969. The van der Waals surface area contributed by atoms with E-state index in [9.17, 15) is 19.5 Å². The Hall–Kier alpha value is -3.26. The molecular weight excluding hydrogens is 394 g/mol. The second-order valence-electron chi connectivity index (χ2n) is 6.11. The van der Waals surface area contributed by atoms with Gasteiger partial charge in [0, 0.05) is 5.56 Å². The summed E-state index contributed by atoms with van der Waals surface area (Å²) in [5.41, 5.74) is 0.964. The number of amides is 2. The summed E-state index contributed by atoms with van der Waals surface area (Å²) < 4.78 is 10.7. The Morgan fingerprint density at radius 2 is 1.86 bits per heavy atom. The summed E-state index contributed by atoms with van der Waals surface area (Å²) >= 11 is 0.816. The number of aliphatic carboxylic acids is 1. The van der Waals surface area contributed by atoms with Crippen LogP contribution >= 0.6 is 11.8 Å². The van der Waals surface area contributed by atoms with Gasteiger partial charge in [-0.25, -0.2) is 9.69 Å².